The maximum Gasteiger partial charge on any atom is 0.254 e. The van der Waals surface area contributed by atoms with E-state index in [1.165, 1.54) is 5.56 Å². The number of hydrogen-bond acceptors (Lipinski definition) is 2. The van der Waals surface area contributed by atoms with E-state index >= 15 is 0 Å². The summed E-state index contributed by atoms with van der Waals surface area (Å²) in [7, 11) is 0. The first-order valence-corrected chi connectivity index (χ1v) is 8.36. The van der Waals surface area contributed by atoms with Gasteiger partial charge in [-0.1, -0.05) is 6.07 Å². The monoisotopic (exact) mass is 383 g/mol. The van der Waals surface area contributed by atoms with Crippen LogP contribution in [0.5, 0.6) is 0 Å². The molecule has 1 saturated heterocycles. The lowest BCUT2D eigenvalue weighted by Gasteiger charge is -2.24. The van der Waals surface area contributed by atoms with E-state index in [9.17, 15) is 4.79 Å². The number of carbonyl (C=O) groups excluding carboxylic acids is 1. The second-order valence-electron chi connectivity index (χ2n) is 4.72. The lowest BCUT2D eigenvalue weighted by molar-refractivity contribution is 0.0736. The average molecular weight is 383 g/mol. The minimum absolute atomic E-state index is 0.159. The molecule has 1 aromatic heterocycles. The first kappa shape index (κ1) is 13.1. The van der Waals surface area contributed by atoms with Gasteiger partial charge in [-0.3, -0.25) is 4.79 Å². The molecule has 3 rings (SSSR count). The molecule has 0 aliphatic carbocycles. The summed E-state index contributed by atoms with van der Waals surface area (Å²) in [4.78, 5) is 14.7. The van der Waals surface area contributed by atoms with E-state index in [-0.39, 0.29) is 11.9 Å². The zero-order valence-electron chi connectivity index (χ0n) is 10.4. The molecule has 2 nitrogen and oxygen atoms in total. The van der Waals surface area contributed by atoms with Crippen molar-refractivity contribution in [2.24, 2.45) is 0 Å². The van der Waals surface area contributed by atoms with Gasteiger partial charge in [0.05, 0.1) is 6.04 Å². The van der Waals surface area contributed by atoms with Crippen LogP contribution in [0.15, 0.2) is 41.1 Å². The van der Waals surface area contributed by atoms with Crippen LogP contribution in [-0.2, 0) is 0 Å². The van der Waals surface area contributed by atoms with Gasteiger partial charge in [0, 0.05) is 15.7 Å². The highest BCUT2D eigenvalue weighted by Crippen LogP contribution is 2.34. The Bertz CT molecular complexity index is 582. The highest BCUT2D eigenvalue weighted by molar-refractivity contribution is 14.1. The molecule has 1 aromatic carbocycles. The van der Waals surface area contributed by atoms with Gasteiger partial charge in [0.2, 0.25) is 0 Å². The van der Waals surface area contributed by atoms with Gasteiger partial charge in [-0.2, -0.15) is 11.3 Å². The Morgan fingerprint density at radius 1 is 1.37 bits per heavy atom. The van der Waals surface area contributed by atoms with Crippen molar-refractivity contribution in [2.45, 2.75) is 18.9 Å². The van der Waals surface area contributed by atoms with Gasteiger partial charge in [-0.15, -0.1) is 0 Å². The summed E-state index contributed by atoms with van der Waals surface area (Å²) in [5.74, 6) is 0.159. The van der Waals surface area contributed by atoms with E-state index in [4.69, 9.17) is 0 Å². The van der Waals surface area contributed by atoms with Gasteiger partial charge in [0.25, 0.3) is 5.91 Å². The molecular formula is C15H14INOS. The zero-order valence-corrected chi connectivity index (χ0v) is 13.4. The van der Waals surface area contributed by atoms with Gasteiger partial charge in [0.1, 0.15) is 0 Å². The van der Waals surface area contributed by atoms with Crippen LogP contribution in [0, 0.1) is 3.57 Å². The van der Waals surface area contributed by atoms with Crippen LogP contribution in [-0.4, -0.2) is 17.4 Å². The van der Waals surface area contributed by atoms with Crippen molar-refractivity contribution in [1.82, 2.24) is 4.90 Å². The van der Waals surface area contributed by atoms with Gasteiger partial charge in [0.15, 0.2) is 0 Å². The minimum atomic E-state index is 0.159. The molecule has 4 heteroatoms. The Kier molecular flexibility index (Phi) is 3.88. The van der Waals surface area contributed by atoms with Crippen molar-refractivity contribution >= 4 is 39.8 Å². The summed E-state index contributed by atoms with van der Waals surface area (Å²) >= 11 is 3.95. The summed E-state index contributed by atoms with van der Waals surface area (Å²) in [5, 5.41) is 4.24. The van der Waals surface area contributed by atoms with Crippen molar-refractivity contribution < 1.29 is 4.79 Å². The van der Waals surface area contributed by atoms with Crippen molar-refractivity contribution in [3.8, 4) is 0 Å². The predicted octanol–water partition coefficient (Wildman–Crippen LogP) is 4.33. The number of carbonyl (C=O) groups is 1. The fourth-order valence-corrected chi connectivity index (χ4v) is 3.86. The zero-order chi connectivity index (χ0) is 13.2. The third-order valence-electron chi connectivity index (χ3n) is 3.51. The smallest absolute Gasteiger partial charge is 0.254 e. The predicted molar refractivity (Wildman–Crippen MR) is 86.5 cm³/mol. The normalized spacial score (nSPS) is 18.8. The Morgan fingerprint density at radius 3 is 3.00 bits per heavy atom. The van der Waals surface area contributed by atoms with Crippen molar-refractivity contribution in [1.29, 1.82) is 0 Å². The standard InChI is InChI=1S/C15H14INOS/c16-13-4-1-3-11(9-13)15(18)17-7-2-5-14(17)12-6-8-19-10-12/h1,3-4,6,8-10,14H,2,5,7H2. The van der Waals surface area contributed by atoms with E-state index in [0.717, 1.165) is 28.5 Å². The Morgan fingerprint density at radius 2 is 2.26 bits per heavy atom. The molecular weight excluding hydrogens is 369 g/mol. The quantitative estimate of drug-likeness (QED) is 0.707. The van der Waals surface area contributed by atoms with Crippen LogP contribution >= 0.6 is 33.9 Å². The summed E-state index contributed by atoms with van der Waals surface area (Å²) < 4.78 is 1.11. The number of hydrogen-bond donors (Lipinski definition) is 0. The summed E-state index contributed by atoms with van der Waals surface area (Å²) in [6.07, 6.45) is 2.17. The molecule has 2 heterocycles. The van der Waals surface area contributed by atoms with Crippen LogP contribution in [0.3, 0.4) is 0 Å². The molecule has 0 spiro atoms. The van der Waals surface area contributed by atoms with E-state index < -0.39 is 0 Å². The molecule has 2 aromatic rings. The van der Waals surface area contributed by atoms with Crippen LogP contribution < -0.4 is 0 Å². The maximum absolute atomic E-state index is 12.6. The second-order valence-corrected chi connectivity index (χ2v) is 6.75. The second kappa shape index (κ2) is 5.63. The molecule has 0 saturated carbocycles. The number of halogens is 1. The van der Waals surface area contributed by atoms with E-state index in [2.05, 4.69) is 39.4 Å². The van der Waals surface area contributed by atoms with Crippen LogP contribution in [0.4, 0.5) is 0 Å². The molecule has 0 radical (unpaired) electrons. The Hall–Kier alpha value is -0.880. The van der Waals surface area contributed by atoms with Crippen LogP contribution in [0.2, 0.25) is 0 Å². The molecule has 1 aliphatic rings. The fraction of sp³-hybridized carbons (Fsp3) is 0.267. The number of amides is 1. The van der Waals surface area contributed by atoms with E-state index in [1.807, 2.05) is 29.2 Å². The van der Waals surface area contributed by atoms with Crippen molar-refractivity contribution in [3.63, 3.8) is 0 Å². The van der Waals surface area contributed by atoms with E-state index in [1.54, 1.807) is 11.3 Å². The summed E-state index contributed by atoms with van der Waals surface area (Å²) in [6, 6.07) is 10.2. The SMILES string of the molecule is O=C(c1cccc(I)c1)N1CCCC1c1ccsc1. The van der Waals surface area contributed by atoms with Gasteiger partial charge >= 0.3 is 0 Å². The van der Waals surface area contributed by atoms with Crippen LogP contribution in [0.25, 0.3) is 0 Å². The van der Waals surface area contributed by atoms with E-state index in [0.29, 0.717) is 0 Å². The number of likely N-dealkylation sites (tertiary alicyclic amines) is 1. The molecule has 1 aliphatic heterocycles. The molecule has 19 heavy (non-hydrogen) atoms. The number of nitrogens with zero attached hydrogens (tertiary/aromatic N) is 1. The first-order valence-electron chi connectivity index (χ1n) is 6.34. The third kappa shape index (κ3) is 2.69. The minimum Gasteiger partial charge on any atom is -0.332 e. The van der Waals surface area contributed by atoms with Gasteiger partial charge in [-0.05, 0) is 76.0 Å². The molecule has 1 unspecified atom stereocenters. The average Bonchev–Trinajstić information content (AvgIpc) is 3.08. The number of thiophene rings is 1. The lowest BCUT2D eigenvalue weighted by atomic mass is 10.1. The largest absolute Gasteiger partial charge is 0.332 e. The Balaban J connectivity index is 1.87. The van der Waals surface area contributed by atoms with Gasteiger partial charge in [-0.25, -0.2) is 0 Å². The topological polar surface area (TPSA) is 20.3 Å². The summed E-state index contributed by atoms with van der Waals surface area (Å²) in [6.45, 7) is 0.866. The number of rotatable bonds is 2. The molecule has 98 valence electrons. The first-order chi connectivity index (χ1) is 9.25. The Labute approximate surface area is 130 Å². The molecule has 1 amide bonds. The van der Waals surface area contributed by atoms with Crippen LogP contribution in [0.1, 0.15) is 34.8 Å². The fourth-order valence-electron chi connectivity index (χ4n) is 2.61. The molecule has 0 N–H and O–H groups in total. The lowest BCUT2D eigenvalue weighted by Crippen LogP contribution is -2.30. The third-order valence-corrected chi connectivity index (χ3v) is 4.89. The molecule has 0 bridgehead atoms. The van der Waals surface area contributed by atoms with Crippen molar-refractivity contribution in [3.05, 3.63) is 55.8 Å². The molecule has 1 atom stereocenters. The highest BCUT2D eigenvalue weighted by atomic mass is 127. The number of benzene rings is 1. The van der Waals surface area contributed by atoms with Crippen molar-refractivity contribution in [2.75, 3.05) is 6.54 Å². The molecule has 1 fully saturated rings. The van der Waals surface area contributed by atoms with Gasteiger partial charge < -0.3 is 4.90 Å². The highest BCUT2D eigenvalue weighted by Gasteiger charge is 2.30. The summed E-state index contributed by atoms with van der Waals surface area (Å²) in [5.41, 5.74) is 2.08. The maximum atomic E-state index is 12.6.